The highest BCUT2D eigenvalue weighted by Crippen LogP contribution is 2.10. The van der Waals surface area contributed by atoms with E-state index in [0.717, 1.165) is 17.4 Å². The van der Waals surface area contributed by atoms with Gasteiger partial charge in [-0.25, -0.2) is 9.36 Å². The summed E-state index contributed by atoms with van der Waals surface area (Å²) >= 11 is 0. The van der Waals surface area contributed by atoms with E-state index in [1.807, 2.05) is 0 Å². The van der Waals surface area contributed by atoms with Gasteiger partial charge in [-0.3, -0.25) is 4.79 Å². The zero-order chi connectivity index (χ0) is 14.8. The Bertz CT molecular complexity index is 465. The summed E-state index contributed by atoms with van der Waals surface area (Å²) in [4.78, 5) is 22.7. The number of hydrogen-bond donors (Lipinski definition) is 1. The molecule has 1 rings (SSSR count). The number of aryl methyl sites for hydroxylation is 1. The van der Waals surface area contributed by atoms with Crippen molar-refractivity contribution in [2.45, 2.75) is 64.7 Å². The van der Waals surface area contributed by atoms with Crippen LogP contribution in [0, 0.1) is 0 Å². The minimum absolute atomic E-state index is 0.400. The third-order valence-corrected chi connectivity index (χ3v) is 3.53. The highest BCUT2D eigenvalue weighted by molar-refractivity contribution is 5.67. The summed E-state index contributed by atoms with van der Waals surface area (Å²) in [6.07, 6.45) is 10.5. The number of carbonyl (C=O) groups is 1. The molecule has 0 radical (unpaired) electrons. The molecule has 0 aliphatic heterocycles. The Hall–Kier alpha value is -1.58. The van der Waals surface area contributed by atoms with Crippen LogP contribution in [0.3, 0.4) is 0 Å². The molecule has 0 aromatic carbocycles. The molecule has 1 N–H and O–H groups in total. The van der Waals surface area contributed by atoms with Crippen LogP contribution in [-0.2, 0) is 6.42 Å². The maximum absolute atomic E-state index is 11.8. The lowest BCUT2D eigenvalue weighted by Gasteiger charge is -2.04. The summed E-state index contributed by atoms with van der Waals surface area (Å²) in [6.45, 7) is 2.21. The first-order valence-corrected chi connectivity index (χ1v) is 7.60. The van der Waals surface area contributed by atoms with Crippen LogP contribution in [0.1, 0.15) is 63.9 Å². The maximum atomic E-state index is 11.8. The molecule has 0 aliphatic carbocycles. The lowest BCUT2D eigenvalue weighted by Crippen LogP contribution is -2.27. The molecule has 0 atom stereocenters. The van der Waals surface area contributed by atoms with E-state index < -0.39 is 11.7 Å². The van der Waals surface area contributed by atoms with Gasteiger partial charge in [0.15, 0.2) is 0 Å². The van der Waals surface area contributed by atoms with Crippen molar-refractivity contribution in [3.05, 3.63) is 34.2 Å². The number of nitrogens with zero attached hydrogens (tertiary/aromatic N) is 1. The van der Waals surface area contributed by atoms with E-state index in [1.54, 1.807) is 12.1 Å². The predicted octanol–water partition coefficient (Wildman–Crippen LogP) is 4.06. The Morgan fingerprint density at radius 3 is 2.30 bits per heavy atom. The van der Waals surface area contributed by atoms with Crippen LogP contribution in [0.2, 0.25) is 0 Å². The van der Waals surface area contributed by atoms with E-state index in [4.69, 9.17) is 5.11 Å². The minimum atomic E-state index is -1.22. The van der Waals surface area contributed by atoms with Gasteiger partial charge in [0.2, 0.25) is 0 Å². The summed E-state index contributed by atoms with van der Waals surface area (Å²) < 4.78 is 0.750. The summed E-state index contributed by atoms with van der Waals surface area (Å²) in [5, 5.41) is 8.87. The Kier molecular flexibility index (Phi) is 7.70. The first-order chi connectivity index (χ1) is 9.66. The van der Waals surface area contributed by atoms with E-state index in [2.05, 4.69) is 6.92 Å². The van der Waals surface area contributed by atoms with Gasteiger partial charge >= 0.3 is 6.09 Å². The Balaban J connectivity index is 2.27. The first kappa shape index (κ1) is 16.5. The van der Waals surface area contributed by atoms with E-state index in [-0.39, 0.29) is 0 Å². The van der Waals surface area contributed by atoms with Crippen LogP contribution in [0.15, 0.2) is 23.1 Å². The van der Waals surface area contributed by atoms with Crippen molar-refractivity contribution in [3.8, 4) is 0 Å². The molecule has 0 unspecified atom stereocenters. The molecule has 0 aliphatic rings. The average molecular weight is 279 g/mol. The minimum Gasteiger partial charge on any atom is -0.464 e. The summed E-state index contributed by atoms with van der Waals surface area (Å²) in [6, 6.07) is 3.35. The van der Waals surface area contributed by atoms with Gasteiger partial charge in [0.25, 0.3) is 5.56 Å². The molecule has 1 heterocycles. The Labute approximate surface area is 120 Å². The lowest BCUT2D eigenvalue weighted by molar-refractivity contribution is 0.195. The Morgan fingerprint density at radius 1 is 1.10 bits per heavy atom. The van der Waals surface area contributed by atoms with Crippen molar-refractivity contribution in [3.63, 3.8) is 0 Å². The standard InChI is InChI=1S/C16H25NO3/c1-2-3-4-5-6-7-8-9-11-14-12-10-13-17(15(14)18)16(19)20/h10,12-13H,2-9,11H2,1H3,(H,19,20). The van der Waals surface area contributed by atoms with Crippen LogP contribution >= 0.6 is 0 Å². The molecule has 0 amide bonds. The number of hydrogen-bond acceptors (Lipinski definition) is 2. The molecular formula is C16H25NO3. The summed E-state index contributed by atoms with van der Waals surface area (Å²) in [5.74, 6) is 0. The predicted molar refractivity (Wildman–Crippen MR) is 80.4 cm³/mol. The van der Waals surface area contributed by atoms with E-state index >= 15 is 0 Å². The second kappa shape index (κ2) is 9.34. The highest BCUT2D eigenvalue weighted by Gasteiger charge is 2.07. The first-order valence-electron chi connectivity index (χ1n) is 7.60. The lowest BCUT2D eigenvalue weighted by atomic mass is 10.0. The molecule has 0 bridgehead atoms. The largest absolute Gasteiger partial charge is 0.464 e. The van der Waals surface area contributed by atoms with Crippen molar-refractivity contribution in [2.75, 3.05) is 0 Å². The quantitative estimate of drug-likeness (QED) is 0.693. The molecule has 1 aromatic rings. The molecule has 0 spiro atoms. The molecule has 20 heavy (non-hydrogen) atoms. The zero-order valence-corrected chi connectivity index (χ0v) is 12.3. The number of rotatable bonds is 9. The number of pyridine rings is 1. The number of carboxylic acid groups (broad SMARTS) is 1. The third-order valence-electron chi connectivity index (χ3n) is 3.53. The van der Waals surface area contributed by atoms with Crippen molar-refractivity contribution in [2.24, 2.45) is 0 Å². The molecule has 112 valence electrons. The van der Waals surface area contributed by atoms with Crippen LogP contribution in [-0.4, -0.2) is 15.8 Å². The second-order valence-corrected chi connectivity index (χ2v) is 5.22. The molecule has 1 aromatic heterocycles. The van der Waals surface area contributed by atoms with Crippen molar-refractivity contribution in [1.82, 2.24) is 4.57 Å². The fourth-order valence-electron chi connectivity index (χ4n) is 2.33. The Morgan fingerprint density at radius 2 is 1.70 bits per heavy atom. The maximum Gasteiger partial charge on any atom is 0.418 e. The fraction of sp³-hybridized carbons (Fsp3) is 0.625. The van der Waals surface area contributed by atoms with Crippen LogP contribution in [0.25, 0.3) is 0 Å². The normalized spacial score (nSPS) is 10.7. The second-order valence-electron chi connectivity index (χ2n) is 5.22. The zero-order valence-electron chi connectivity index (χ0n) is 12.3. The van der Waals surface area contributed by atoms with Gasteiger partial charge < -0.3 is 5.11 Å². The summed E-state index contributed by atoms with van der Waals surface area (Å²) in [5.41, 5.74) is 0.198. The fourth-order valence-corrected chi connectivity index (χ4v) is 2.33. The van der Waals surface area contributed by atoms with Crippen molar-refractivity contribution >= 4 is 6.09 Å². The van der Waals surface area contributed by atoms with Crippen molar-refractivity contribution < 1.29 is 9.90 Å². The van der Waals surface area contributed by atoms with Gasteiger partial charge in [-0.05, 0) is 18.9 Å². The number of aromatic nitrogens is 1. The average Bonchev–Trinajstić information content (AvgIpc) is 2.43. The van der Waals surface area contributed by atoms with Gasteiger partial charge in [0.05, 0.1) is 0 Å². The summed E-state index contributed by atoms with van der Waals surface area (Å²) in [7, 11) is 0. The topological polar surface area (TPSA) is 59.3 Å². The van der Waals surface area contributed by atoms with Gasteiger partial charge in [0.1, 0.15) is 0 Å². The molecule has 4 heteroatoms. The molecule has 0 saturated heterocycles. The highest BCUT2D eigenvalue weighted by atomic mass is 16.4. The van der Waals surface area contributed by atoms with E-state index in [0.29, 0.717) is 12.0 Å². The van der Waals surface area contributed by atoms with E-state index in [1.165, 1.54) is 44.7 Å². The molecule has 0 fully saturated rings. The molecule has 0 saturated carbocycles. The van der Waals surface area contributed by atoms with Crippen LogP contribution < -0.4 is 5.56 Å². The van der Waals surface area contributed by atoms with Gasteiger partial charge in [-0.2, -0.15) is 0 Å². The SMILES string of the molecule is CCCCCCCCCCc1cccn(C(=O)O)c1=O. The van der Waals surface area contributed by atoms with E-state index in [9.17, 15) is 9.59 Å². The van der Waals surface area contributed by atoms with Crippen LogP contribution in [0.4, 0.5) is 4.79 Å². The molecule has 4 nitrogen and oxygen atoms in total. The van der Waals surface area contributed by atoms with Gasteiger partial charge in [0, 0.05) is 11.8 Å². The smallest absolute Gasteiger partial charge is 0.418 e. The van der Waals surface area contributed by atoms with Gasteiger partial charge in [-0.1, -0.05) is 57.9 Å². The third kappa shape index (κ3) is 5.59. The van der Waals surface area contributed by atoms with Crippen LogP contribution in [0.5, 0.6) is 0 Å². The van der Waals surface area contributed by atoms with Gasteiger partial charge in [-0.15, -0.1) is 0 Å². The van der Waals surface area contributed by atoms with Crippen molar-refractivity contribution in [1.29, 1.82) is 0 Å². The number of unbranched alkanes of at least 4 members (excludes halogenated alkanes) is 7. The monoisotopic (exact) mass is 279 g/mol. The molecular weight excluding hydrogens is 254 g/mol.